The van der Waals surface area contributed by atoms with Gasteiger partial charge in [-0.25, -0.2) is 13.1 Å². The Labute approximate surface area is 130 Å². The Morgan fingerprint density at radius 2 is 2.14 bits per heavy atom. The van der Waals surface area contributed by atoms with Crippen LogP contribution in [0.2, 0.25) is 0 Å². The van der Waals surface area contributed by atoms with Gasteiger partial charge in [-0.1, -0.05) is 12.5 Å². The largest absolute Gasteiger partial charge is 0.495 e. The van der Waals surface area contributed by atoms with Crippen LogP contribution in [-0.2, 0) is 16.6 Å². The van der Waals surface area contributed by atoms with Crippen LogP contribution < -0.4 is 15.2 Å². The van der Waals surface area contributed by atoms with E-state index >= 15 is 0 Å². The highest BCUT2D eigenvalue weighted by atomic mass is 32.2. The molecule has 0 saturated heterocycles. The average Bonchev–Trinajstić information content (AvgIpc) is 2.45. The summed E-state index contributed by atoms with van der Waals surface area (Å²) in [5.74, 6) is 0.331. The van der Waals surface area contributed by atoms with E-state index in [0.717, 1.165) is 24.8 Å². The molecule has 0 aliphatic heterocycles. The van der Waals surface area contributed by atoms with Crippen LogP contribution in [0.25, 0.3) is 0 Å². The van der Waals surface area contributed by atoms with Crippen molar-refractivity contribution < 1.29 is 13.2 Å². The number of hydrogen-bond donors (Lipinski definition) is 2. The van der Waals surface area contributed by atoms with Crippen LogP contribution in [0.3, 0.4) is 0 Å². The first kappa shape index (κ1) is 16.6. The summed E-state index contributed by atoms with van der Waals surface area (Å²) in [7, 11) is -2.11. The lowest BCUT2D eigenvalue weighted by molar-refractivity contribution is 0.361. The van der Waals surface area contributed by atoms with Crippen molar-refractivity contribution in [1.82, 2.24) is 4.72 Å². The van der Waals surface area contributed by atoms with E-state index in [0.29, 0.717) is 18.8 Å². The van der Waals surface area contributed by atoms with E-state index in [1.165, 1.54) is 7.11 Å². The van der Waals surface area contributed by atoms with Crippen molar-refractivity contribution in [3.8, 4) is 5.75 Å². The van der Waals surface area contributed by atoms with Crippen LogP contribution in [0.5, 0.6) is 5.75 Å². The number of ether oxygens (including phenoxy) is 1. The van der Waals surface area contributed by atoms with E-state index in [4.69, 9.17) is 10.5 Å². The molecule has 0 amide bonds. The summed E-state index contributed by atoms with van der Waals surface area (Å²) >= 11 is 1.74. The minimum absolute atomic E-state index is 0.0531. The topological polar surface area (TPSA) is 81.4 Å². The quantitative estimate of drug-likeness (QED) is 0.795. The van der Waals surface area contributed by atoms with E-state index in [2.05, 4.69) is 4.72 Å². The maximum Gasteiger partial charge on any atom is 0.244 e. The highest BCUT2D eigenvalue weighted by Gasteiger charge is 2.37. The number of sulfonamides is 1. The fourth-order valence-electron chi connectivity index (χ4n) is 2.39. The Balaban J connectivity index is 2.19. The number of nitrogens with one attached hydrogen (secondary N) is 1. The van der Waals surface area contributed by atoms with Crippen LogP contribution >= 0.6 is 11.8 Å². The predicted octanol–water partition coefficient (Wildman–Crippen LogP) is 1.72. The van der Waals surface area contributed by atoms with E-state index in [-0.39, 0.29) is 9.64 Å². The zero-order valence-electron chi connectivity index (χ0n) is 12.4. The van der Waals surface area contributed by atoms with Crippen molar-refractivity contribution in [2.24, 2.45) is 5.73 Å². The molecule has 1 saturated carbocycles. The first-order valence-electron chi connectivity index (χ1n) is 6.88. The van der Waals surface area contributed by atoms with Crippen LogP contribution in [-0.4, -0.2) is 33.1 Å². The standard InChI is InChI=1S/C14H22N2O3S2/c1-19-12-8-11(9-15)4-5-13(12)21(17,18)16-10-14(20-2)6-3-7-14/h4-5,8,16H,3,6-7,9-10,15H2,1-2H3. The molecule has 0 spiro atoms. The molecule has 3 N–H and O–H groups in total. The first-order valence-corrected chi connectivity index (χ1v) is 9.59. The summed E-state index contributed by atoms with van der Waals surface area (Å²) in [5.41, 5.74) is 6.41. The van der Waals surface area contributed by atoms with Gasteiger partial charge in [-0.3, -0.25) is 0 Å². The van der Waals surface area contributed by atoms with E-state index in [1.807, 2.05) is 6.26 Å². The molecule has 1 aliphatic carbocycles. The average molecular weight is 330 g/mol. The summed E-state index contributed by atoms with van der Waals surface area (Å²) in [4.78, 5) is 0.165. The lowest BCUT2D eigenvalue weighted by atomic mass is 9.84. The lowest BCUT2D eigenvalue weighted by Crippen LogP contribution is -2.45. The molecule has 7 heteroatoms. The van der Waals surface area contributed by atoms with Gasteiger partial charge < -0.3 is 10.5 Å². The molecule has 0 aromatic heterocycles. The maximum absolute atomic E-state index is 12.5. The minimum Gasteiger partial charge on any atom is -0.495 e. The van der Waals surface area contributed by atoms with Gasteiger partial charge in [0, 0.05) is 17.8 Å². The molecule has 0 heterocycles. The lowest BCUT2D eigenvalue weighted by Gasteiger charge is -2.40. The molecule has 5 nitrogen and oxygen atoms in total. The van der Waals surface area contributed by atoms with Crippen molar-refractivity contribution in [2.75, 3.05) is 19.9 Å². The van der Waals surface area contributed by atoms with E-state index in [9.17, 15) is 8.42 Å². The van der Waals surface area contributed by atoms with Crippen LogP contribution in [0.1, 0.15) is 24.8 Å². The zero-order valence-corrected chi connectivity index (χ0v) is 14.0. The molecule has 0 unspecified atom stereocenters. The fraction of sp³-hybridized carbons (Fsp3) is 0.571. The normalized spacial score (nSPS) is 17.3. The van der Waals surface area contributed by atoms with Crippen molar-refractivity contribution in [3.05, 3.63) is 23.8 Å². The molecule has 2 rings (SSSR count). The fourth-order valence-corrected chi connectivity index (χ4v) is 4.67. The predicted molar refractivity (Wildman–Crippen MR) is 86.2 cm³/mol. The van der Waals surface area contributed by atoms with Crippen molar-refractivity contribution in [2.45, 2.75) is 35.4 Å². The van der Waals surface area contributed by atoms with Crippen molar-refractivity contribution in [3.63, 3.8) is 0 Å². The second-order valence-electron chi connectivity index (χ2n) is 5.25. The molecule has 1 aromatic carbocycles. The maximum atomic E-state index is 12.5. The summed E-state index contributed by atoms with van der Waals surface area (Å²) < 4.78 is 32.9. The van der Waals surface area contributed by atoms with Gasteiger partial charge in [0.2, 0.25) is 10.0 Å². The van der Waals surface area contributed by atoms with Crippen molar-refractivity contribution in [1.29, 1.82) is 0 Å². The van der Waals surface area contributed by atoms with Gasteiger partial charge >= 0.3 is 0 Å². The summed E-state index contributed by atoms with van der Waals surface area (Å²) in [6, 6.07) is 4.93. The van der Waals surface area contributed by atoms with Crippen LogP contribution in [0.15, 0.2) is 23.1 Å². The number of hydrogen-bond acceptors (Lipinski definition) is 5. The molecule has 0 bridgehead atoms. The summed E-state index contributed by atoms with van der Waals surface area (Å²) in [6.07, 6.45) is 5.31. The SMILES string of the molecule is COc1cc(CN)ccc1S(=O)(=O)NCC1(SC)CCC1. The van der Waals surface area contributed by atoms with Crippen molar-refractivity contribution >= 4 is 21.8 Å². The van der Waals surface area contributed by atoms with Crippen LogP contribution in [0, 0.1) is 0 Å². The van der Waals surface area contributed by atoms with E-state index < -0.39 is 10.0 Å². The van der Waals surface area contributed by atoms with Gasteiger partial charge in [0.05, 0.1) is 7.11 Å². The highest BCUT2D eigenvalue weighted by Crippen LogP contribution is 2.42. The molecule has 118 valence electrons. The minimum atomic E-state index is -3.58. The Morgan fingerprint density at radius 3 is 2.62 bits per heavy atom. The van der Waals surface area contributed by atoms with Crippen LogP contribution in [0.4, 0.5) is 0 Å². The Bertz CT molecular complexity index is 593. The Morgan fingerprint density at radius 1 is 1.43 bits per heavy atom. The van der Waals surface area contributed by atoms with Gasteiger partial charge in [0.15, 0.2) is 0 Å². The number of methoxy groups -OCH3 is 1. The monoisotopic (exact) mass is 330 g/mol. The van der Waals surface area contributed by atoms with Gasteiger partial charge in [-0.2, -0.15) is 11.8 Å². The Hall–Kier alpha value is -0.760. The molecular formula is C14H22N2O3S2. The molecule has 21 heavy (non-hydrogen) atoms. The number of benzene rings is 1. The second kappa shape index (κ2) is 6.56. The zero-order chi connectivity index (χ0) is 15.5. The number of nitrogens with two attached hydrogens (primary N) is 1. The third kappa shape index (κ3) is 3.53. The van der Waals surface area contributed by atoms with Gasteiger partial charge in [0.1, 0.15) is 10.6 Å². The molecule has 1 fully saturated rings. The van der Waals surface area contributed by atoms with E-state index in [1.54, 1.807) is 30.0 Å². The molecule has 1 aliphatic rings. The number of thioether (sulfide) groups is 1. The molecule has 1 aromatic rings. The second-order valence-corrected chi connectivity index (χ2v) is 8.26. The van der Waals surface area contributed by atoms with Gasteiger partial charge in [-0.05, 0) is 36.8 Å². The summed E-state index contributed by atoms with van der Waals surface area (Å²) in [6.45, 7) is 0.804. The molecular weight excluding hydrogens is 308 g/mol. The Kier molecular flexibility index (Phi) is 5.19. The molecule has 0 radical (unpaired) electrons. The summed E-state index contributed by atoms with van der Waals surface area (Å²) in [5, 5.41) is 0. The third-order valence-corrected chi connectivity index (χ3v) is 6.89. The first-order chi connectivity index (χ1) is 9.96. The third-order valence-electron chi connectivity index (χ3n) is 4.04. The van der Waals surface area contributed by atoms with Gasteiger partial charge in [0.25, 0.3) is 0 Å². The highest BCUT2D eigenvalue weighted by molar-refractivity contribution is 8.00. The molecule has 0 atom stereocenters. The van der Waals surface area contributed by atoms with Gasteiger partial charge in [-0.15, -0.1) is 0 Å². The number of rotatable bonds is 7. The smallest absolute Gasteiger partial charge is 0.244 e.